The lowest BCUT2D eigenvalue weighted by molar-refractivity contribution is -0.136. The lowest BCUT2D eigenvalue weighted by Crippen LogP contribution is -2.41. The van der Waals surface area contributed by atoms with Gasteiger partial charge in [0.05, 0.1) is 23.2 Å². The quantitative estimate of drug-likeness (QED) is 0.824. The number of carboxylic acid groups (broad SMARTS) is 1. The average molecular weight is 263 g/mol. The van der Waals surface area contributed by atoms with Crippen LogP contribution in [0, 0.1) is 0 Å². The monoisotopic (exact) mass is 263 g/mol. The van der Waals surface area contributed by atoms with Crippen molar-refractivity contribution in [3.8, 4) is 0 Å². The fourth-order valence-electron chi connectivity index (χ4n) is 1.93. The summed E-state index contributed by atoms with van der Waals surface area (Å²) in [6.45, 7) is 7.80. The van der Waals surface area contributed by atoms with Crippen LogP contribution in [0.2, 0.25) is 0 Å². The molecule has 0 spiro atoms. The van der Waals surface area contributed by atoms with E-state index in [2.05, 4.69) is 4.98 Å². The Morgan fingerprint density at radius 3 is 2.42 bits per heavy atom. The van der Waals surface area contributed by atoms with Crippen LogP contribution in [0.3, 0.4) is 0 Å². The molecule has 0 unspecified atom stereocenters. The Kier molecular flexibility index (Phi) is 3.41. The molecule has 0 aliphatic carbocycles. The van der Waals surface area contributed by atoms with E-state index < -0.39 is 24.3 Å². The first-order valence-electron chi connectivity index (χ1n) is 6.24. The highest BCUT2D eigenvalue weighted by atomic mass is 16.7. The SMILES string of the molecule is CC1(C)OB(c2ncccc2CC(=O)O)OC1(C)C. The topological polar surface area (TPSA) is 68.7 Å². The number of hydrogen-bond acceptors (Lipinski definition) is 4. The van der Waals surface area contributed by atoms with Crippen molar-refractivity contribution < 1.29 is 19.2 Å². The summed E-state index contributed by atoms with van der Waals surface area (Å²) in [5.41, 5.74) is 0.239. The van der Waals surface area contributed by atoms with E-state index in [1.54, 1.807) is 18.3 Å². The molecule has 1 N–H and O–H groups in total. The molecule has 6 heteroatoms. The van der Waals surface area contributed by atoms with Gasteiger partial charge in [0.25, 0.3) is 0 Å². The zero-order valence-corrected chi connectivity index (χ0v) is 11.6. The number of nitrogens with zero attached hydrogens (tertiary/aromatic N) is 1. The standard InChI is InChI=1S/C13H18BNO4/c1-12(2)13(3,4)19-14(18-12)11-9(8-10(16)17)6-5-7-15-11/h5-7H,8H2,1-4H3,(H,16,17). The molecule has 5 nitrogen and oxygen atoms in total. The van der Waals surface area contributed by atoms with Gasteiger partial charge in [0.1, 0.15) is 0 Å². The summed E-state index contributed by atoms with van der Waals surface area (Å²) in [5, 5.41) is 8.93. The maximum atomic E-state index is 10.9. The van der Waals surface area contributed by atoms with E-state index in [-0.39, 0.29) is 6.42 Å². The molecule has 0 bridgehead atoms. The first-order chi connectivity index (χ1) is 8.73. The predicted octanol–water partition coefficient (Wildman–Crippen LogP) is 1.01. The van der Waals surface area contributed by atoms with Gasteiger partial charge in [-0.25, -0.2) is 0 Å². The minimum atomic E-state index is -0.897. The first-order valence-corrected chi connectivity index (χ1v) is 6.24. The largest absolute Gasteiger partial charge is 0.514 e. The van der Waals surface area contributed by atoms with Gasteiger partial charge in [0.2, 0.25) is 0 Å². The van der Waals surface area contributed by atoms with Gasteiger partial charge in [-0.05, 0) is 39.3 Å². The van der Waals surface area contributed by atoms with Crippen molar-refractivity contribution >= 4 is 18.7 Å². The van der Waals surface area contributed by atoms with E-state index in [1.165, 1.54) is 0 Å². The summed E-state index contributed by atoms with van der Waals surface area (Å²) in [6, 6.07) is 3.45. The van der Waals surface area contributed by atoms with Crippen molar-refractivity contribution in [3.63, 3.8) is 0 Å². The molecule has 2 heterocycles. The second kappa shape index (κ2) is 4.61. The van der Waals surface area contributed by atoms with Crippen LogP contribution in [-0.4, -0.2) is 34.4 Å². The van der Waals surface area contributed by atoms with Crippen molar-refractivity contribution in [1.29, 1.82) is 0 Å². The summed E-state index contributed by atoms with van der Waals surface area (Å²) in [7, 11) is -0.624. The Morgan fingerprint density at radius 2 is 1.89 bits per heavy atom. The molecule has 19 heavy (non-hydrogen) atoms. The van der Waals surface area contributed by atoms with Crippen LogP contribution in [0.5, 0.6) is 0 Å². The van der Waals surface area contributed by atoms with E-state index in [0.717, 1.165) is 0 Å². The summed E-state index contributed by atoms with van der Waals surface area (Å²) in [4.78, 5) is 15.1. The molecule has 1 fully saturated rings. The predicted molar refractivity (Wildman–Crippen MR) is 71.3 cm³/mol. The Labute approximate surface area is 113 Å². The number of pyridine rings is 1. The maximum absolute atomic E-state index is 10.9. The van der Waals surface area contributed by atoms with E-state index in [1.807, 2.05) is 27.7 Å². The Balaban J connectivity index is 2.32. The molecule has 0 saturated carbocycles. The zero-order chi connectivity index (χ0) is 14.3. The van der Waals surface area contributed by atoms with Gasteiger partial charge in [-0.2, -0.15) is 0 Å². The average Bonchev–Trinajstić information content (AvgIpc) is 2.48. The van der Waals surface area contributed by atoms with Crippen molar-refractivity contribution in [1.82, 2.24) is 4.98 Å². The summed E-state index contributed by atoms with van der Waals surface area (Å²) >= 11 is 0. The molecular formula is C13H18BNO4. The summed E-state index contributed by atoms with van der Waals surface area (Å²) in [6.07, 6.45) is 1.53. The highest BCUT2D eigenvalue weighted by molar-refractivity contribution is 6.61. The molecule has 0 atom stereocenters. The van der Waals surface area contributed by atoms with Crippen molar-refractivity contribution in [2.75, 3.05) is 0 Å². The van der Waals surface area contributed by atoms with E-state index in [4.69, 9.17) is 14.4 Å². The number of aliphatic carboxylic acids is 1. The van der Waals surface area contributed by atoms with Crippen molar-refractivity contribution in [2.45, 2.75) is 45.3 Å². The van der Waals surface area contributed by atoms with Gasteiger partial charge >= 0.3 is 13.1 Å². The zero-order valence-electron chi connectivity index (χ0n) is 11.6. The van der Waals surface area contributed by atoms with E-state index in [0.29, 0.717) is 11.2 Å². The maximum Gasteiger partial charge on any atom is 0.514 e. The van der Waals surface area contributed by atoms with Crippen LogP contribution in [0.15, 0.2) is 18.3 Å². The normalized spacial score (nSPS) is 20.5. The van der Waals surface area contributed by atoms with Crippen molar-refractivity contribution in [2.24, 2.45) is 0 Å². The number of carbonyl (C=O) groups is 1. The molecular weight excluding hydrogens is 245 g/mol. The third-order valence-electron chi connectivity index (χ3n) is 3.74. The Morgan fingerprint density at radius 1 is 1.32 bits per heavy atom. The molecule has 1 aromatic heterocycles. The number of rotatable bonds is 3. The van der Waals surface area contributed by atoms with Crippen LogP contribution in [0.25, 0.3) is 0 Å². The highest BCUT2D eigenvalue weighted by Crippen LogP contribution is 2.36. The molecule has 1 aliphatic rings. The molecule has 2 rings (SSSR count). The molecule has 1 aromatic rings. The van der Waals surface area contributed by atoms with Gasteiger partial charge in [-0.3, -0.25) is 9.78 Å². The molecule has 102 valence electrons. The van der Waals surface area contributed by atoms with Gasteiger partial charge in [-0.1, -0.05) is 6.07 Å². The summed E-state index contributed by atoms with van der Waals surface area (Å²) < 4.78 is 11.8. The van der Waals surface area contributed by atoms with Crippen LogP contribution in [-0.2, 0) is 20.5 Å². The lowest BCUT2D eigenvalue weighted by atomic mass is 9.80. The molecule has 0 aromatic carbocycles. The minimum absolute atomic E-state index is 0.0900. The van der Waals surface area contributed by atoms with Gasteiger partial charge in [0.15, 0.2) is 0 Å². The van der Waals surface area contributed by atoms with Crippen LogP contribution >= 0.6 is 0 Å². The second-order valence-electron chi connectivity index (χ2n) is 5.71. The Bertz CT molecular complexity index is 485. The molecule has 0 radical (unpaired) electrons. The fraction of sp³-hybridized carbons (Fsp3) is 0.538. The number of carboxylic acids is 1. The lowest BCUT2D eigenvalue weighted by Gasteiger charge is -2.32. The third kappa shape index (κ3) is 2.64. The smallest absolute Gasteiger partial charge is 0.481 e. The number of aromatic nitrogens is 1. The second-order valence-corrected chi connectivity index (χ2v) is 5.71. The highest BCUT2D eigenvalue weighted by Gasteiger charge is 2.52. The van der Waals surface area contributed by atoms with Gasteiger partial charge < -0.3 is 14.4 Å². The number of hydrogen-bond donors (Lipinski definition) is 1. The third-order valence-corrected chi connectivity index (χ3v) is 3.74. The minimum Gasteiger partial charge on any atom is -0.481 e. The molecule has 1 saturated heterocycles. The van der Waals surface area contributed by atoms with Crippen molar-refractivity contribution in [3.05, 3.63) is 23.9 Å². The summed E-state index contributed by atoms with van der Waals surface area (Å²) in [5.74, 6) is -0.897. The van der Waals surface area contributed by atoms with E-state index >= 15 is 0 Å². The first kappa shape index (κ1) is 14.0. The fourth-order valence-corrected chi connectivity index (χ4v) is 1.93. The van der Waals surface area contributed by atoms with Crippen LogP contribution in [0.1, 0.15) is 33.3 Å². The van der Waals surface area contributed by atoms with Gasteiger partial charge in [0, 0.05) is 6.20 Å². The molecule has 1 aliphatic heterocycles. The molecule has 0 amide bonds. The van der Waals surface area contributed by atoms with Crippen LogP contribution in [0.4, 0.5) is 0 Å². The Hall–Kier alpha value is -1.40. The van der Waals surface area contributed by atoms with Crippen LogP contribution < -0.4 is 5.59 Å². The van der Waals surface area contributed by atoms with E-state index in [9.17, 15) is 4.79 Å². The van der Waals surface area contributed by atoms with Gasteiger partial charge in [-0.15, -0.1) is 0 Å².